The van der Waals surface area contributed by atoms with Crippen molar-refractivity contribution in [3.05, 3.63) is 88.0 Å². The van der Waals surface area contributed by atoms with E-state index < -0.39 is 0 Å². The second-order valence-electron chi connectivity index (χ2n) is 7.40. The first-order chi connectivity index (χ1) is 14.0. The van der Waals surface area contributed by atoms with Crippen LogP contribution in [-0.2, 0) is 6.54 Å². The molecule has 0 saturated heterocycles. The lowest BCUT2D eigenvalue weighted by Gasteiger charge is -2.12. The fraction of sp³-hybridized carbons (Fsp3) is 0.217. The number of fused-ring (bicyclic) bond motifs is 1. The van der Waals surface area contributed by atoms with Gasteiger partial charge in [0.25, 0.3) is 5.56 Å². The molecule has 0 N–H and O–H groups in total. The van der Waals surface area contributed by atoms with Gasteiger partial charge in [0.2, 0.25) is 0 Å². The molecule has 0 saturated carbocycles. The lowest BCUT2D eigenvalue weighted by molar-refractivity contribution is 0.0965. The number of Topliss-reactive ketones (excluding diaryl/α,β-unsaturated/α-hetero) is 1. The number of carbonyl (C=O) groups excluding carboxylic acids is 1. The van der Waals surface area contributed by atoms with Crippen molar-refractivity contribution in [2.75, 3.05) is 0 Å². The highest BCUT2D eigenvalue weighted by molar-refractivity contribution is 5.96. The Morgan fingerprint density at radius 1 is 1.03 bits per heavy atom. The van der Waals surface area contributed by atoms with Crippen LogP contribution in [0, 0.1) is 6.92 Å². The Morgan fingerprint density at radius 2 is 1.72 bits per heavy atom. The highest BCUT2D eigenvalue weighted by Gasteiger charge is 2.20. The van der Waals surface area contributed by atoms with Gasteiger partial charge in [0.1, 0.15) is 12.1 Å². The summed E-state index contributed by atoms with van der Waals surface area (Å²) < 4.78 is 2.92. The number of para-hydroxylation sites is 1. The molecule has 4 aromatic rings. The summed E-state index contributed by atoms with van der Waals surface area (Å²) in [6.07, 6.45) is 1.69. The zero-order valence-corrected chi connectivity index (χ0v) is 16.7. The van der Waals surface area contributed by atoms with Crippen LogP contribution < -0.4 is 5.56 Å². The summed E-state index contributed by atoms with van der Waals surface area (Å²) in [7, 11) is 0. The standard InChI is InChI=1S/C23H22N4O2/c1-15(2)21-18-13-24-27(19-12-8-7-9-16(19)3)22(18)23(29)26(25-21)14-20(28)17-10-5-4-6-11-17/h4-13,15H,14H2,1-3H3. The smallest absolute Gasteiger partial charge is 0.292 e. The van der Waals surface area contributed by atoms with E-state index in [0.717, 1.165) is 22.3 Å². The van der Waals surface area contributed by atoms with E-state index in [-0.39, 0.29) is 23.8 Å². The SMILES string of the molecule is Cc1ccccc1-n1ncc2c(C(C)C)nn(CC(=O)c3ccccc3)c(=O)c21. The molecular formula is C23H22N4O2. The first-order valence-corrected chi connectivity index (χ1v) is 9.60. The molecule has 0 spiro atoms. The monoisotopic (exact) mass is 386 g/mol. The van der Waals surface area contributed by atoms with Gasteiger partial charge in [-0.25, -0.2) is 9.36 Å². The lowest BCUT2D eigenvalue weighted by atomic mass is 10.1. The second kappa shape index (κ2) is 7.47. The summed E-state index contributed by atoms with van der Waals surface area (Å²) in [6.45, 7) is 5.89. The van der Waals surface area contributed by atoms with Crippen LogP contribution in [0.2, 0.25) is 0 Å². The van der Waals surface area contributed by atoms with Crippen LogP contribution in [0.1, 0.15) is 41.4 Å². The number of hydrogen-bond donors (Lipinski definition) is 0. The van der Waals surface area contributed by atoms with Crippen LogP contribution in [0.5, 0.6) is 0 Å². The van der Waals surface area contributed by atoms with Gasteiger partial charge in [-0.3, -0.25) is 9.59 Å². The number of rotatable bonds is 5. The summed E-state index contributed by atoms with van der Waals surface area (Å²) >= 11 is 0. The van der Waals surface area contributed by atoms with Gasteiger partial charge in [0.05, 0.1) is 17.6 Å². The molecule has 2 heterocycles. The summed E-state index contributed by atoms with van der Waals surface area (Å²) in [5, 5.41) is 9.73. The molecule has 2 aromatic carbocycles. The summed E-state index contributed by atoms with van der Waals surface area (Å²) in [5.41, 5.74) is 3.27. The molecule has 2 aromatic heterocycles. The topological polar surface area (TPSA) is 69.8 Å². The third-order valence-electron chi connectivity index (χ3n) is 4.99. The third-order valence-corrected chi connectivity index (χ3v) is 4.99. The molecule has 6 heteroatoms. The minimum Gasteiger partial charge on any atom is -0.292 e. The molecular weight excluding hydrogens is 364 g/mol. The zero-order chi connectivity index (χ0) is 20.5. The molecule has 6 nitrogen and oxygen atoms in total. The number of aryl methyl sites for hydroxylation is 1. The number of ketones is 1. The molecule has 0 radical (unpaired) electrons. The fourth-order valence-corrected chi connectivity index (χ4v) is 3.46. The number of nitrogens with zero attached hydrogens (tertiary/aromatic N) is 4. The van der Waals surface area contributed by atoms with Crippen LogP contribution >= 0.6 is 0 Å². The lowest BCUT2D eigenvalue weighted by Crippen LogP contribution is -2.29. The van der Waals surface area contributed by atoms with Crippen LogP contribution in [0.3, 0.4) is 0 Å². The van der Waals surface area contributed by atoms with Gasteiger partial charge in [-0.15, -0.1) is 0 Å². The van der Waals surface area contributed by atoms with Crippen LogP contribution in [0.15, 0.2) is 65.6 Å². The van der Waals surface area contributed by atoms with E-state index in [2.05, 4.69) is 10.2 Å². The Kier molecular flexibility index (Phi) is 4.84. The second-order valence-corrected chi connectivity index (χ2v) is 7.40. The number of aromatic nitrogens is 4. The Labute approximate surface area is 168 Å². The van der Waals surface area contributed by atoms with Gasteiger partial charge in [0.15, 0.2) is 5.78 Å². The Morgan fingerprint density at radius 3 is 2.41 bits per heavy atom. The Bertz CT molecular complexity index is 1250. The minimum atomic E-state index is -0.325. The molecule has 4 rings (SSSR count). The van der Waals surface area contributed by atoms with Crippen LogP contribution in [-0.4, -0.2) is 25.3 Å². The Hall–Kier alpha value is -3.54. The van der Waals surface area contributed by atoms with E-state index in [9.17, 15) is 9.59 Å². The van der Waals surface area contributed by atoms with Crippen molar-refractivity contribution in [1.29, 1.82) is 0 Å². The number of hydrogen-bond acceptors (Lipinski definition) is 4. The van der Waals surface area contributed by atoms with Gasteiger partial charge in [-0.05, 0) is 24.5 Å². The predicted octanol–water partition coefficient (Wildman–Crippen LogP) is 3.90. The average molecular weight is 386 g/mol. The molecule has 29 heavy (non-hydrogen) atoms. The van der Waals surface area contributed by atoms with E-state index in [1.807, 2.05) is 51.1 Å². The largest absolute Gasteiger partial charge is 0.293 e. The van der Waals surface area contributed by atoms with Gasteiger partial charge < -0.3 is 0 Å². The van der Waals surface area contributed by atoms with Crippen molar-refractivity contribution in [2.24, 2.45) is 0 Å². The molecule has 0 unspecified atom stereocenters. The molecule has 146 valence electrons. The van der Waals surface area contributed by atoms with Crippen LogP contribution in [0.4, 0.5) is 0 Å². The molecule has 0 aliphatic heterocycles. The maximum absolute atomic E-state index is 13.3. The minimum absolute atomic E-state index is 0.0747. The highest BCUT2D eigenvalue weighted by Crippen LogP contribution is 2.24. The maximum atomic E-state index is 13.3. The maximum Gasteiger partial charge on any atom is 0.293 e. The van der Waals surface area contributed by atoms with E-state index in [0.29, 0.717) is 11.1 Å². The quantitative estimate of drug-likeness (QED) is 0.488. The van der Waals surface area contributed by atoms with E-state index >= 15 is 0 Å². The first-order valence-electron chi connectivity index (χ1n) is 9.60. The summed E-state index contributed by atoms with van der Waals surface area (Å²) in [4.78, 5) is 26.0. The molecule has 0 atom stereocenters. The average Bonchev–Trinajstić information content (AvgIpc) is 3.16. The van der Waals surface area contributed by atoms with E-state index in [4.69, 9.17) is 0 Å². The van der Waals surface area contributed by atoms with Gasteiger partial charge in [0, 0.05) is 10.9 Å². The highest BCUT2D eigenvalue weighted by atomic mass is 16.1. The Balaban J connectivity index is 1.91. The normalized spacial score (nSPS) is 11.3. The zero-order valence-electron chi connectivity index (χ0n) is 16.7. The van der Waals surface area contributed by atoms with E-state index in [1.165, 1.54) is 4.68 Å². The summed E-state index contributed by atoms with van der Waals surface area (Å²) in [6, 6.07) is 16.7. The van der Waals surface area contributed by atoms with Gasteiger partial charge >= 0.3 is 0 Å². The summed E-state index contributed by atoms with van der Waals surface area (Å²) in [5.74, 6) is -0.0816. The van der Waals surface area contributed by atoms with Crippen molar-refractivity contribution in [1.82, 2.24) is 19.6 Å². The van der Waals surface area contributed by atoms with E-state index in [1.54, 1.807) is 35.1 Å². The third kappa shape index (κ3) is 3.38. The molecule has 0 fully saturated rings. The van der Waals surface area contributed by atoms with Crippen molar-refractivity contribution in [3.8, 4) is 5.69 Å². The molecule has 0 bridgehead atoms. The fourth-order valence-electron chi connectivity index (χ4n) is 3.46. The molecule has 0 aliphatic rings. The molecule has 0 aliphatic carbocycles. The van der Waals surface area contributed by atoms with Gasteiger partial charge in [-0.1, -0.05) is 62.4 Å². The van der Waals surface area contributed by atoms with Crippen molar-refractivity contribution >= 4 is 16.7 Å². The van der Waals surface area contributed by atoms with Crippen molar-refractivity contribution < 1.29 is 4.79 Å². The van der Waals surface area contributed by atoms with Crippen molar-refractivity contribution in [3.63, 3.8) is 0 Å². The number of benzene rings is 2. The van der Waals surface area contributed by atoms with Crippen molar-refractivity contribution in [2.45, 2.75) is 33.2 Å². The van der Waals surface area contributed by atoms with Gasteiger partial charge in [-0.2, -0.15) is 10.2 Å². The predicted molar refractivity (Wildman–Crippen MR) is 113 cm³/mol. The first kappa shape index (κ1) is 18.8. The number of carbonyl (C=O) groups is 1. The van der Waals surface area contributed by atoms with Crippen LogP contribution in [0.25, 0.3) is 16.6 Å². The molecule has 0 amide bonds.